The molecule has 0 saturated carbocycles. The van der Waals surface area contributed by atoms with E-state index >= 15 is 0 Å². The Labute approximate surface area is 161 Å². The lowest BCUT2D eigenvalue weighted by molar-refractivity contribution is 0.102. The summed E-state index contributed by atoms with van der Waals surface area (Å²) < 4.78 is 17.2. The highest BCUT2D eigenvalue weighted by Crippen LogP contribution is 2.34. The van der Waals surface area contributed by atoms with Crippen molar-refractivity contribution >= 4 is 11.6 Å². The Kier molecular flexibility index (Phi) is 4.72. The Balaban J connectivity index is 1.53. The molecule has 7 nitrogen and oxygen atoms in total. The number of amides is 1. The molecular weight excluding hydrogens is 360 g/mol. The van der Waals surface area contributed by atoms with Gasteiger partial charge in [-0.3, -0.25) is 9.59 Å². The van der Waals surface area contributed by atoms with Crippen molar-refractivity contribution in [1.82, 2.24) is 4.57 Å². The molecule has 1 aliphatic heterocycles. The fourth-order valence-electron chi connectivity index (χ4n) is 2.93. The van der Waals surface area contributed by atoms with Gasteiger partial charge >= 0.3 is 0 Å². The van der Waals surface area contributed by atoms with E-state index in [0.29, 0.717) is 23.7 Å². The van der Waals surface area contributed by atoms with E-state index in [2.05, 4.69) is 5.32 Å². The lowest BCUT2D eigenvalue weighted by Gasteiger charge is -2.10. The van der Waals surface area contributed by atoms with Crippen LogP contribution in [0, 0.1) is 0 Å². The van der Waals surface area contributed by atoms with Gasteiger partial charge in [-0.05, 0) is 42.0 Å². The summed E-state index contributed by atoms with van der Waals surface area (Å²) in [7, 11) is 1.60. The Morgan fingerprint density at radius 1 is 1.11 bits per heavy atom. The number of benzene rings is 2. The lowest BCUT2D eigenvalue weighted by Crippen LogP contribution is -2.29. The van der Waals surface area contributed by atoms with Crippen LogP contribution in [0.5, 0.6) is 17.2 Å². The smallest absolute Gasteiger partial charge is 0.263 e. The summed E-state index contributed by atoms with van der Waals surface area (Å²) in [6.45, 7) is 0.509. The van der Waals surface area contributed by atoms with E-state index < -0.39 is 5.91 Å². The molecule has 1 amide bonds. The number of anilines is 1. The van der Waals surface area contributed by atoms with Gasteiger partial charge in [-0.2, -0.15) is 0 Å². The third-order valence-corrected chi connectivity index (χ3v) is 4.41. The van der Waals surface area contributed by atoms with Crippen LogP contribution in [0.3, 0.4) is 0 Å². The van der Waals surface area contributed by atoms with Gasteiger partial charge in [-0.25, -0.2) is 0 Å². The van der Waals surface area contributed by atoms with E-state index in [1.54, 1.807) is 37.6 Å². The molecule has 28 heavy (non-hydrogen) atoms. The van der Waals surface area contributed by atoms with E-state index in [9.17, 15) is 9.59 Å². The van der Waals surface area contributed by atoms with Gasteiger partial charge in [0.2, 0.25) is 6.79 Å². The number of carbonyl (C=O) groups excluding carboxylic acids is 1. The average Bonchev–Trinajstić information content (AvgIpc) is 3.18. The SMILES string of the molecule is COc1ccc(Cn2cccc(C(=O)Nc3ccc4c(c3)OCO4)c2=O)cc1. The topological polar surface area (TPSA) is 78.8 Å². The van der Waals surface area contributed by atoms with Crippen LogP contribution in [-0.2, 0) is 6.54 Å². The third-order valence-electron chi connectivity index (χ3n) is 4.41. The van der Waals surface area contributed by atoms with Crippen molar-refractivity contribution in [1.29, 1.82) is 0 Å². The number of hydrogen-bond acceptors (Lipinski definition) is 5. The van der Waals surface area contributed by atoms with Gasteiger partial charge in [0.1, 0.15) is 11.3 Å². The summed E-state index contributed by atoms with van der Waals surface area (Å²) in [5, 5.41) is 2.73. The molecule has 2 aromatic carbocycles. The molecule has 4 rings (SSSR count). The molecule has 0 saturated heterocycles. The fourth-order valence-corrected chi connectivity index (χ4v) is 2.93. The Bertz CT molecular complexity index is 1070. The highest BCUT2D eigenvalue weighted by molar-refractivity contribution is 6.04. The molecule has 0 aliphatic carbocycles. The summed E-state index contributed by atoms with van der Waals surface area (Å²) in [6.07, 6.45) is 1.66. The maximum absolute atomic E-state index is 12.7. The highest BCUT2D eigenvalue weighted by atomic mass is 16.7. The fraction of sp³-hybridized carbons (Fsp3) is 0.143. The van der Waals surface area contributed by atoms with Crippen LogP contribution in [0.1, 0.15) is 15.9 Å². The molecule has 0 bridgehead atoms. The lowest BCUT2D eigenvalue weighted by atomic mass is 10.2. The quantitative estimate of drug-likeness (QED) is 0.739. The van der Waals surface area contributed by atoms with E-state index in [4.69, 9.17) is 14.2 Å². The van der Waals surface area contributed by atoms with Crippen LogP contribution >= 0.6 is 0 Å². The van der Waals surface area contributed by atoms with E-state index in [1.807, 2.05) is 24.3 Å². The molecule has 0 fully saturated rings. The number of fused-ring (bicyclic) bond motifs is 1. The molecule has 2 heterocycles. The number of carbonyl (C=O) groups is 1. The Morgan fingerprint density at radius 2 is 1.89 bits per heavy atom. The normalized spacial score (nSPS) is 11.9. The molecule has 142 valence electrons. The number of rotatable bonds is 5. The largest absolute Gasteiger partial charge is 0.497 e. The number of ether oxygens (including phenoxy) is 3. The van der Waals surface area contributed by atoms with Crippen molar-refractivity contribution in [2.24, 2.45) is 0 Å². The van der Waals surface area contributed by atoms with Crippen molar-refractivity contribution in [3.63, 3.8) is 0 Å². The minimum Gasteiger partial charge on any atom is -0.497 e. The molecule has 0 radical (unpaired) electrons. The van der Waals surface area contributed by atoms with Crippen LogP contribution in [0.2, 0.25) is 0 Å². The average molecular weight is 378 g/mol. The summed E-state index contributed by atoms with van der Waals surface area (Å²) in [5.74, 6) is 1.45. The van der Waals surface area contributed by atoms with Gasteiger partial charge < -0.3 is 24.1 Å². The summed E-state index contributed by atoms with van der Waals surface area (Å²) in [6, 6.07) is 15.7. The number of hydrogen-bond donors (Lipinski definition) is 1. The Hall–Kier alpha value is -3.74. The maximum atomic E-state index is 12.7. The first kappa shape index (κ1) is 17.7. The predicted octanol–water partition coefficient (Wildman–Crippen LogP) is 2.89. The molecule has 1 aromatic heterocycles. The molecule has 7 heteroatoms. The van der Waals surface area contributed by atoms with Crippen LogP contribution in [0.15, 0.2) is 65.6 Å². The molecule has 0 spiro atoms. The minimum atomic E-state index is -0.479. The molecular formula is C21H18N2O5. The summed E-state index contributed by atoms with van der Waals surface area (Å²) >= 11 is 0. The van der Waals surface area contributed by atoms with Crippen molar-refractivity contribution in [3.8, 4) is 17.2 Å². The monoisotopic (exact) mass is 378 g/mol. The molecule has 3 aromatic rings. The van der Waals surface area contributed by atoms with Crippen molar-refractivity contribution in [3.05, 3.63) is 82.3 Å². The predicted molar refractivity (Wildman–Crippen MR) is 103 cm³/mol. The number of pyridine rings is 1. The number of methoxy groups -OCH3 is 1. The standard InChI is InChI=1S/C21H18N2O5/c1-26-16-7-4-14(5-8-16)12-23-10-2-3-17(21(23)25)20(24)22-15-6-9-18-19(11-15)28-13-27-18/h2-11H,12-13H2,1H3,(H,22,24). The van der Waals surface area contributed by atoms with Crippen molar-refractivity contribution < 1.29 is 19.0 Å². The second-order valence-corrected chi connectivity index (χ2v) is 6.23. The number of aromatic nitrogens is 1. The van der Waals surface area contributed by atoms with Crippen molar-refractivity contribution in [2.75, 3.05) is 19.2 Å². The van der Waals surface area contributed by atoms with Crippen LogP contribution in [0.25, 0.3) is 0 Å². The minimum absolute atomic E-state index is 0.0636. The van der Waals surface area contributed by atoms with Crippen LogP contribution in [0.4, 0.5) is 5.69 Å². The first-order chi connectivity index (χ1) is 13.6. The van der Waals surface area contributed by atoms with Crippen molar-refractivity contribution in [2.45, 2.75) is 6.54 Å². The zero-order valence-corrected chi connectivity index (χ0v) is 15.2. The zero-order valence-electron chi connectivity index (χ0n) is 15.2. The van der Waals surface area contributed by atoms with Crippen LogP contribution in [-0.4, -0.2) is 24.4 Å². The second kappa shape index (κ2) is 7.48. The third kappa shape index (κ3) is 3.55. The number of nitrogens with zero attached hydrogens (tertiary/aromatic N) is 1. The maximum Gasteiger partial charge on any atom is 0.263 e. The van der Waals surface area contributed by atoms with Gasteiger partial charge in [-0.15, -0.1) is 0 Å². The van der Waals surface area contributed by atoms with Gasteiger partial charge in [0.05, 0.1) is 13.7 Å². The van der Waals surface area contributed by atoms with E-state index in [0.717, 1.165) is 11.3 Å². The summed E-state index contributed by atoms with van der Waals surface area (Å²) in [5.41, 5.74) is 1.15. The highest BCUT2D eigenvalue weighted by Gasteiger charge is 2.16. The first-order valence-electron chi connectivity index (χ1n) is 8.67. The first-order valence-corrected chi connectivity index (χ1v) is 8.67. The molecule has 0 atom stereocenters. The van der Waals surface area contributed by atoms with Gasteiger partial charge in [-0.1, -0.05) is 12.1 Å². The van der Waals surface area contributed by atoms with Crippen LogP contribution < -0.4 is 25.1 Å². The zero-order chi connectivity index (χ0) is 19.5. The van der Waals surface area contributed by atoms with E-state index in [1.165, 1.54) is 10.6 Å². The Morgan fingerprint density at radius 3 is 2.68 bits per heavy atom. The molecule has 1 N–H and O–H groups in total. The van der Waals surface area contributed by atoms with Gasteiger partial charge in [0.25, 0.3) is 11.5 Å². The summed E-state index contributed by atoms with van der Waals surface area (Å²) in [4.78, 5) is 25.4. The molecule has 0 unspecified atom stereocenters. The molecule has 1 aliphatic rings. The van der Waals surface area contributed by atoms with Gasteiger partial charge in [0.15, 0.2) is 11.5 Å². The second-order valence-electron chi connectivity index (χ2n) is 6.23. The number of nitrogens with one attached hydrogen (secondary N) is 1. The van der Waals surface area contributed by atoms with Gasteiger partial charge in [0, 0.05) is 18.0 Å². The van der Waals surface area contributed by atoms with E-state index in [-0.39, 0.29) is 17.9 Å².